The van der Waals surface area contributed by atoms with Crippen LogP contribution in [-0.2, 0) is 0 Å². The lowest BCUT2D eigenvalue weighted by Gasteiger charge is -2.33. The first-order chi connectivity index (χ1) is 30.3. The molecule has 0 atom stereocenters. The van der Waals surface area contributed by atoms with Gasteiger partial charge < -0.3 is 22.9 Å². The van der Waals surface area contributed by atoms with Gasteiger partial charge in [-0.05, 0) is 81.3 Å². The Bertz CT molecular complexity index is 4300. The highest BCUT2D eigenvalue weighted by Crippen LogP contribution is 2.44. The van der Waals surface area contributed by atoms with E-state index in [9.17, 15) is 0 Å². The molecule has 0 spiro atoms. The molecule has 4 aromatic heterocycles. The van der Waals surface area contributed by atoms with Crippen LogP contribution in [0.25, 0.3) is 104 Å². The fraction of sp³-hybridized carbons (Fsp3) is 0. The molecule has 0 N–H and O–H groups in total. The summed E-state index contributed by atoms with van der Waals surface area (Å²) in [5.74, 6) is 1.76. The highest BCUT2D eigenvalue weighted by molar-refractivity contribution is 7.00. The highest BCUT2D eigenvalue weighted by atomic mass is 16.5. The van der Waals surface area contributed by atoms with Crippen LogP contribution in [0.2, 0.25) is 0 Å². The average molecular weight is 771 g/mol. The Hall–Kier alpha value is -7.89. The summed E-state index contributed by atoms with van der Waals surface area (Å²) in [5, 5.41) is 10.00. The lowest BCUT2D eigenvalue weighted by molar-refractivity contribution is 0.486. The van der Waals surface area contributed by atoms with E-state index in [1.165, 1.54) is 115 Å². The predicted molar refractivity (Wildman–Crippen MR) is 253 cm³/mol. The summed E-state index contributed by atoms with van der Waals surface area (Å²) < 4.78 is 20.9. The molecule has 7 heteroatoms. The van der Waals surface area contributed by atoms with E-state index in [1.807, 2.05) is 12.1 Å². The van der Waals surface area contributed by atoms with Crippen molar-refractivity contribution in [3.05, 3.63) is 164 Å². The molecule has 5 nitrogen and oxygen atoms in total. The van der Waals surface area contributed by atoms with Gasteiger partial charge in [-0.15, -0.1) is 0 Å². The largest absolute Gasteiger partial charge is 0.458 e. The lowest BCUT2D eigenvalue weighted by atomic mass is 9.34. The van der Waals surface area contributed by atoms with E-state index in [4.69, 9.17) is 9.15 Å². The van der Waals surface area contributed by atoms with E-state index in [-0.39, 0.29) is 13.4 Å². The molecule has 4 aliphatic rings. The van der Waals surface area contributed by atoms with Crippen LogP contribution >= 0.6 is 0 Å². The van der Waals surface area contributed by atoms with E-state index in [1.54, 1.807) is 0 Å². The summed E-state index contributed by atoms with van der Waals surface area (Å²) in [6.45, 7) is 0.138. The molecule has 8 heterocycles. The van der Waals surface area contributed by atoms with Crippen LogP contribution < -0.4 is 37.5 Å². The number of ether oxygens (including phenoxy) is 1. The van der Waals surface area contributed by atoms with Gasteiger partial charge in [0.1, 0.15) is 22.7 Å². The van der Waals surface area contributed by atoms with Gasteiger partial charge in [0.15, 0.2) is 0 Å². The maximum absolute atomic E-state index is 6.86. The SMILES string of the molecule is c1cc2c3c(c1)-n1c4cc5c(cc4c4cccc(c41)B3c1cc3c(cc1O2)oc1ccccc13)c1cccc2c1n5-c1cccc3c1B2c1cccc2c4ccccc4n-3c12. The maximum Gasteiger partial charge on any atom is 0.256 e. The molecule has 61 heavy (non-hydrogen) atoms. The van der Waals surface area contributed by atoms with Gasteiger partial charge in [-0.25, -0.2) is 0 Å². The molecule has 0 unspecified atom stereocenters. The van der Waals surface area contributed by atoms with Crippen LogP contribution in [0.1, 0.15) is 0 Å². The van der Waals surface area contributed by atoms with Gasteiger partial charge in [0.25, 0.3) is 13.4 Å². The van der Waals surface area contributed by atoms with Crippen LogP contribution in [0.5, 0.6) is 11.5 Å². The minimum Gasteiger partial charge on any atom is -0.458 e. The smallest absolute Gasteiger partial charge is 0.256 e. The highest BCUT2D eigenvalue weighted by Gasteiger charge is 2.43. The normalized spacial score (nSPS) is 14.0. The van der Waals surface area contributed by atoms with Gasteiger partial charge in [-0.3, -0.25) is 0 Å². The first-order valence-corrected chi connectivity index (χ1v) is 21.2. The molecule has 0 saturated heterocycles. The molecule has 13 aromatic rings. The molecule has 4 aliphatic heterocycles. The maximum atomic E-state index is 6.86. The van der Waals surface area contributed by atoms with E-state index in [0.29, 0.717) is 0 Å². The van der Waals surface area contributed by atoms with Crippen LogP contribution in [0, 0.1) is 0 Å². The predicted octanol–water partition coefficient (Wildman–Crippen LogP) is 8.96. The van der Waals surface area contributed by atoms with E-state index < -0.39 is 0 Å². The van der Waals surface area contributed by atoms with Crippen molar-refractivity contribution in [1.82, 2.24) is 13.7 Å². The summed E-state index contributed by atoms with van der Waals surface area (Å²) in [7, 11) is 0. The van der Waals surface area contributed by atoms with Crippen LogP contribution in [-0.4, -0.2) is 27.1 Å². The Morgan fingerprint density at radius 3 is 1.57 bits per heavy atom. The topological polar surface area (TPSA) is 37.2 Å². The Balaban J connectivity index is 0.984. The third-order valence-electron chi connectivity index (χ3n) is 14.9. The van der Waals surface area contributed by atoms with E-state index in [2.05, 4.69) is 165 Å². The molecule has 0 aliphatic carbocycles. The summed E-state index contributed by atoms with van der Waals surface area (Å²) in [5.41, 5.74) is 20.9. The number of furan rings is 1. The van der Waals surface area contributed by atoms with Gasteiger partial charge >= 0.3 is 0 Å². The second-order valence-electron chi connectivity index (χ2n) is 17.5. The first kappa shape index (κ1) is 30.2. The van der Waals surface area contributed by atoms with Gasteiger partial charge in [0.2, 0.25) is 0 Å². The van der Waals surface area contributed by atoms with Gasteiger partial charge in [-0.1, -0.05) is 109 Å². The molecule has 17 rings (SSSR count). The van der Waals surface area contributed by atoms with Crippen LogP contribution in [0.4, 0.5) is 0 Å². The van der Waals surface area contributed by atoms with Crippen molar-refractivity contribution < 1.29 is 9.15 Å². The molecule has 9 aromatic carbocycles. The molecule has 0 amide bonds. The minimum absolute atomic E-state index is 0.0117. The lowest BCUT2D eigenvalue weighted by Crippen LogP contribution is -2.59. The number of hydrogen-bond acceptors (Lipinski definition) is 2. The molecule has 0 fully saturated rings. The standard InChI is InChI=1S/C54H27B2N3O2/c1-3-18-40-28(10-1)30-12-5-15-36-52(30)57(40)41-19-8-20-42-50(41)55(36)37-16-6-13-31-33-24-34-32-14-7-17-38-54(32)59(45(34)26-44(33)58(42)53(31)37)43-21-9-23-47-51(43)56(38)39-25-35-29-11-2-4-22-46(29)60-48(35)27-49(39)61-47/h1-27H. The molecule has 0 saturated carbocycles. The summed E-state index contributed by atoms with van der Waals surface area (Å²) in [6.07, 6.45) is 0. The van der Waals surface area contributed by atoms with Gasteiger partial charge in [-0.2, -0.15) is 0 Å². The van der Waals surface area contributed by atoms with Crippen molar-refractivity contribution in [2.75, 3.05) is 0 Å². The van der Waals surface area contributed by atoms with Crippen molar-refractivity contribution in [3.63, 3.8) is 0 Å². The zero-order valence-corrected chi connectivity index (χ0v) is 32.4. The van der Waals surface area contributed by atoms with Crippen LogP contribution in [0.15, 0.2) is 168 Å². The number of fused-ring (bicyclic) bond motifs is 20. The zero-order valence-electron chi connectivity index (χ0n) is 32.4. The van der Waals surface area contributed by atoms with Crippen molar-refractivity contribution in [1.29, 1.82) is 0 Å². The third-order valence-corrected chi connectivity index (χ3v) is 14.9. The second kappa shape index (κ2) is 9.93. The number of benzene rings is 9. The average Bonchev–Trinajstić information content (AvgIpc) is 4.04. The quantitative estimate of drug-likeness (QED) is 0.145. The molecule has 0 radical (unpaired) electrons. The minimum atomic E-state index is 0.0117. The summed E-state index contributed by atoms with van der Waals surface area (Å²) in [4.78, 5) is 0. The first-order valence-electron chi connectivity index (χ1n) is 21.2. The Morgan fingerprint density at radius 1 is 0.328 bits per heavy atom. The Labute approximate surface area is 347 Å². The van der Waals surface area contributed by atoms with Gasteiger partial charge in [0, 0.05) is 82.8 Å². The fourth-order valence-corrected chi connectivity index (χ4v) is 12.7. The van der Waals surface area contributed by atoms with Crippen molar-refractivity contribution in [2.45, 2.75) is 0 Å². The van der Waals surface area contributed by atoms with Crippen molar-refractivity contribution >= 4 is 134 Å². The van der Waals surface area contributed by atoms with Crippen molar-refractivity contribution in [3.8, 4) is 28.6 Å². The summed E-state index contributed by atoms with van der Waals surface area (Å²) in [6, 6.07) is 61.0. The Morgan fingerprint density at radius 2 is 0.869 bits per heavy atom. The third kappa shape index (κ3) is 3.27. The number of para-hydroxylation sites is 5. The van der Waals surface area contributed by atoms with Crippen molar-refractivity contribution in [2.24, 2.45) is 0 Å². The summed E-state index contributed by atoms with van der Waals surface area (Å²) >= 11 is 0. The fourth-order valence-electron chi connectivity index (χ4n) is 12.7. The van der Waals surface area contributed by atoms with E-state index >= 15 is 0 Å². The molecule has 0 bridgehead atoms. The molecular weight excluding hydrogens is 744 g/mol. The number of aromatic nitrogens is 3. The zero-order chi connectivity index (χ0) is 39.0. The van der Waals surface area contributed by atoms with E-state index in [0.717, 1.165) is 33.4 Å². The number of nitrogens with zero attached hydrogens (tertiary/aromatic N) is 3. The monoisotopic (exact) mass is 771 g/mol. The molecule has 276 valence electrons. The number of hydrogen-bond donors (Lipinski definition) is 0. The number of rotatable bonds is 0. The Kier molecular flexibility index (Phi) is 4.91. The van der Waals surface area contributed by atoms with Gasteiger partial charge in [0.05, 0.1) is 16.6 Å². The van der Waals surface area contributed by atoms with Crippen LogP contribution in [0.3, 0.4) is 0 Å². The molecular formula is C54H27B2N3O2. The second-order valence-corrected chi connectivity index (χ2v) is 17.5.